The molecule has 3 aromatic rings. The van der Waals surface area contributed by atoms with Gasteiger partial charge in [0.05, 0.1) is 10.5 Å². The minimum Gasteiger partial charge on any atom is -0.480 e. The largest absolute Gasteiger partial charge is 0.480 e. The molecule has 3 atom stereocenters. The number of carboxylic acids is 1. The summed E-state index contributed by atoms with van der Waals surface area (Å²) in [7, 11) is 0. The molecule has 0 bridgehead atoms. The number of hydrogen-bond acceptors (Lipinski definition) is 5. The number of carboxylic acid groups (broad SMARTS) is 1. The maximum atomic E-state index is 14.2. The number of nitrogens with zero attached hydrogens (tertiary/aromatic N) is 1. The fourth-order valence-corrected chi connectivity index (χ4v) is 7.07. The van der Waals surface area contributed by atoms with Gasteiger partial charge in [-0.25, -0.2) is 4.79 Å². The van der Waals surface area contributed by atoms with E-state index >= 15 is 0 Å². The summed E-state index contributed by atoms with van der Waals surface area (Å²) in [4.78, 5) is 40.8. The number of carbonyl (C=O) groups is 3. The minimum absolute atomic E-state index is 0.134. The second-order valence-electron chi connectivity index (χ2n) is 10.9. The lowest BCUT2D eigenvalue weighted by atomic mass is 9.93. The number of hydrogen-bond donors (Lipinski definition) is 2. The van der Waals surface area contributed by atoms with Gasteiger partial charge in [0.25, 0.3) is 0 Å². The molecule has 0 fully saturated rings. The molecule has 0 aromatic heterocycles. The van der Waals surface area contributed by atoms with Crippen molar-refractivity contribution in [3.05, 3.63) is 76.8 Å². The first kappa shape index (κ1) is 29.3. The molecule has 3 aromatic carbocycles. The summed E-state index contributed by atoms with van der Waals surface area (Å²) in [6.45, 7) is 6.65. The zero-order chi connectivity index (χ0) is 28.3. The van der Waals surface area contributed by atoms with Crippen LogP contribution < -0.4 is 10.2 Å². The zero-order valence-corrected chi connectivity index (χ0v) is 24.8. The molecule has 2 unspecified atom stereocenters. The van der Waals surface area contributed by atoms with Crippen molar-refractivity contribution in [2.24, 2.45) is 5.41 Å². The summed E-state index contributed by atoms with van der Waals surface area (Å²) in [6, 6.07) is 18.8. The second-order valence-corrected chi connectivity index (χ2v) is 13.5. The molecule has 1 heterocycles. The molecule has 0 spiro atoms. The van der Waals surface area contributed by atoms with Gasteiger partial charge >= 0.3 is 5.97 Å². The normalized spacial score (nSPS) is 18.4. The Labute approximate surface area is 242 Å². The van der Waals surface area contributed by atoms with E-state index in [1.807, 2.05) is 30.3 Å². The molecule has 1 aliphatic heterocycles. The van der Waals surface area contributed by atoms with Crippen LogP contribution in [0.4, 0.5) is 5.69 Å². The molecule has 0 saturated heterocycles. The summed E-state index contributed by atoms with van der Waals surface area (Å²) in [5.41, 5.74) is 2.51. The van der Waals surface area contributed by atoms with Crippen LogP contribution in [0.3, 0.4) is 0 Å². The Morgan fingerprint density at radius 1 is 1.10 bits per heavy atom. The standard InChI is InChI=1S/C30H33ClN2O4S2/c1-30(2,3)17-33-24-13-12-19(31)14-22(24)27(21-11-7-9-18-8-5-6-10-20(18)21)39-25(28(33)35)15-26(34)32-23(16-38-4)29(36)37/h5-14,23,25,27H,15-17H2,1-4H3,(H,32,34)(H,36,37)/t23-,25?,27?/m0/s1. The lowest BCUT2D eigenvalue weighted by molar-refractivity contribution is -0.141. The van der Waals surface area contributed by atoms with Crippen molar-refractivity contribution in [3.63, 3.8) is 0 Å². The molecule has 6 nitrogen and oxygen atoms in total. The lowest BCUT2D eigenvalue weighted by Gasteiger charge is -2.32. The highest BCUT2D eigenvalue weighted by atomic mass is 35.5. The van der Waals surface area contributed by atoms with Gasteiger partial charge in [0.15, 0.2) is 0 Å². The molecule has 2 N–H and O–H groups in total. The first-order valence-corrected chi connectivity index (χ1v) is 15.4. The summed E-state index contributed by atoms with van der Waals surface area (Å²) in [5, 5.41) is 13.9. The topological polar surface area (TPSA) is 86.7 Å². The summed E-state index contributed by atoms with van der Waals surface area (Å²) in [6.07, 6.45) is 1.65. The number of aliphatic carboxylic acids is 1. The lowest BCUT2D eigenvalue weighted by Crippen LogP contribution is -2.46. The molecule has 0 saturated carbocycles. The number of thioether (sulfide) groups is 2. The molecule has 4 rings (SSSR count). The SMILES string of the molecule is CSC[C@H](NC(=O)CC1SC(c2cccc3ccccc23)c2cc(Cl)ccc2N(CC(C)(C)C)C1=O)C(=O)O. The number of fused-ring (bicyclic) bond motifs is 2. The Hall–Kier alpha value is -2.68. The second kappa shape index (κ2) is 12.2. The van der Waals surface area contributed by atoms with Crippen LogP contribution in [-0.4, -0.2) is 52.7 Å². The maximum absolute atomic E-state index is 14.2. The summed E-state index contributed by atoms with van der Waals surface area (Å²) in [5.74, 6) is -1.49. The van der Waals surface area contributed by atoms with Crippen LogP contribution in [-0.2, 0) is 14.4 Å². The predicted molar refractivity (Wildman–Crippen MR) is 163 cm³/mol. The predicted octanol–water partition coefficient (Wildman–Crippen LogP) is 6.40. The van der Waals surface area contributed by atoms with Crippen LogP contribution in [0.15, 0.2) is 60.7 Å². The van der Waals surface area contributed by atoms with Crippen LogP contribution in [0.5, 0.6) is 0 Å². The smallest absolute Gasteiger partial charge is 0.327 e. The average molecular weight is 585 g/mol. The van der Waals surface area contributed by atoms with Crippen molar-refractivity contribution < 1.29 is 19.5 Å². The van der Waals surface area contributed by atoms with Crippen LogP contribution >= 0.6 is 35.1 Å². The van der Waals surface area contributed by atoms with E-state index in [1.165, 1.54) is 23.5 Å². The van der Waals surface area contributed by atoms with E-state index in [0.29, 0.717) is 11.6 Å². The molecule has 1 aliphatic rings. The first-order valence-electron chi connectivity index (χ1n) is 12.7. The third-order valence-corrected chi connectivity index (χ3v) is 8.86. The maximum Gasteiger partial charge on any atom is 0.327 e. The van der Waals surface area contributed by atoms with E-state index in [4.69, 9.17) is 11.6 Å². The third-order valence-electron chi connectivity index (χ3n) is 6.48. The van der Waals surface area contributed by atoms with Gasteiger partial charge in [-0.3, -0.25) is 9.59 Å². The number of carbonyl (C=O) groups excluding carboxylic acids is 2. The molecule has 2 amide bonds. The van der Waals surface area contributed by atoms with E-state index in [-0.39, 0.29) is 28.7 Å². The van der Waals surface area contributed by atoms with Gasteiger partial charge in [0, 0.05) is 29.4 Å². The van der Waals surface area contributed by atoms with E-state index < -0.39 is 23.2 Å². The molecular formula is C30H33ClN2O4S2. The van der Waals surface area contributed by atoms with E-state index in [2.05, 4.69) is 50.4 Å². The van der Waals surface area contributed by atoms with Gasteiger partial charge in [-0.15, -0.1) is 11.8 Å². The molecule has 9 heteroatoms. The van der Waals surface area contributed by atoms with Gasteiger partial charge in [-0.1, -0.05) is 74.8 Å². The first-order chi connectivity index (χ1) is 18.5. The quantitative estimate of drug-likeness (QED) is 0.319. The highest BCUT2D eigenvalue weighted by Crippen LogP contribution is 2.49. The minimum atomic E-state index is -1.09. The number of halogens is 1. The monoisotopic (exact) mass is 584 g/mol. The van der Waals surface area contributed by atoms with Crippen molar-refractivity contribution in [3.8, 4) is 0 Å². The number of anilines is 1. The molecule has 0 aliphatic carbocycles. The summed E-state index contributed by atoms with van der Waals surface area (Å²) >= 11 is 9.28. The fourth-order valence-electron chi connectivity index (χ4n) is 4.83. The molecule has 39 heavy (non-hydrogen) atoms. The number of amides is 2. The summed E-state index contributed by atoms with van der Waals surface area (Å²) < 4.78 is 0. The van der Waals surface area contributed by atoms with Crippen LogP contribution in [0, 0.1) is 5.41 Å². The zero-order valence-electron chi connectivity index (χ0n) is 22.4. The fraction of sp³-hybridized carbons (Fsp3) is 0.367. The molecule has 206 valence electrons. The van der Waals surface area contributed by atoms with Crippen LogP contribution in [0.2, 0.25) is 5.02 Å². The van der Waals surface area contributed by atoms with Crippen LogP contribution in [0.25, 0.3) is 10.8 Å². The Kier molecular flexibility index (Phi) is 9.19. The number of rotatable bonds is 8. The van der Waals surface area contributed by atoms with Crippen molar-refractivity contribution in [2.75, 3.05) is 23.5 Å². The van der Waals surface area contributed by atoms with Gasteiger partial charge < -0.3 is 15.3 Å². The van der Waals surface area contributed by atoms with Crippen molar-refractivity contribution in [1.82, 2.24) is 5.32 Å². The van der Waals surface area contributed by atoms with E-state index in [1.54, 1.807) is 17.2 Å². The number of benzene rings is 3. The van der Waals surface area contributed by atoms with Crippen molar-refractivity contribution >= 4 is 69.4 Å². The Morgan fingerprint density at radius 3 is 2.51 bits per heavy atom. The molecular weight excluding hydrogens is 552 g/mol. The van der Waals surface area contributed by atoms with Crippen molar-refractivity contribution in [2.45, 2.75) is 43.7 Å². The van der Waals surface area contributed by atoms with Crippen molar-refractivity contribution in [1.29, 1.82) is 0 Å². The third kappa shape index (κ3) is 6.91. The number of nitrogens with one attached hydrogen (secondary N) is 1. The highest BCUT2D eigenvalue weighted by Gasteiger charge is 2.39. The Morgan fingerprint density at radius 2 is 1.82 bits per heavy atom. The van der Waals surface area contributed by atoms with Gasteiger partial charge in [0.2, 0.25) is 11.8 Å². The average Bonchev–Trinajstić information content (AvgIpc) is 2.97. The van der Waals surface area contributed by atoms with E-state index in [0.717, 1.165) is 27.6 Å². The van der Waals surface area contributed by atoms with Crippen LogP contribution in [0.1, 0.15) is 43.6 Å². The van der Waals surface area contributed by atoms with E-state index in [9.17, 15) is 19.5 Å². The van der Waals surface area contributed by atoms with Gasteiger partial charge in [-0.05, 0) is 51.8 Å². The highest BCUT2D eigenvalue weighted by molar-refractivity contribution is 8.01. The van der Waals surface area contributed by atoms with Gasteiger partial charge in [-0.2, -0.15) is 11.8 Å². The Bertz CT molecular complexity index is 1390. The van der Waals surface area contributed by atoms with Gasteiger partial charge in [0.1, 0.15) is 6.04 Å². The molecule has 0 radical (unpaired) electrons. The Balaban J connectivity index is 1.82.